The van der Waals surface area contributed by atoms with Gasteiger partial charge in [-0.1, -0.05) is 17.7 Å². The third-order valence-corrected chi connectivity index (χ3v) is 8.87. The van der Waals surface area contributed by atoms with Crippen molar-refractivity contribution in [3.05, 3.63) is 68.7 Å². The predicted molar refractivity (Wildman–Crippen MR) is 118 cm³/mol. The molecule has 0 atom stereocenters. The highest BCUT2D eigenvalue weighted by atomic mass is 32.2. The van der Waals surface area contributed by atoms with Crippen molar-refractivity contribution in [1.82, 2.24) is 19.0 Å². The van der Waals surface area contributed by atoms with Crippen LogP contribution in [-0.4, -0.2) is 50.2 Å². The molecule has 3 N–H and O–H groups in total. The summed E-state index contributed by atoms with van der Waals surface area (Å²) in [4.78, 5) is 27.8. The van der Waals surface area contributed by atoms with Crippen LogP contribution >= 0.6 is 0 Å². The zero-order valence-corrected chi connectivity index (χ0v) is 18.8. The highest BCUT2D eigenvalue weighted by Crippen LogP contribution is 2.22. The first-order valence-electron chi connectivity index (χ1n) is 9.92. The number of aromatic nitrogens is 2. The summed E-state index contributed by atoms with van der Waals surface area (Å²) in [5.41, 5.74) is -0.235. The van der Waals surface area contributed by atoms with Crippen LogP contribution in [0.5, 0.6) is 0 Å². The number of aryl methyl sites for hydroxylation is 1. The van der Waals surface area contributed by atoms with Crippen molar-refractivity contribution in [2.24, 2.45) is 0 Å². The van der Waals surface area contributed by atoms with Crippen LogP contribution in [0.25, 0.3) is 11.0 Å². The lowest BCUT2D eigenvalue weighted by atomic mass is 10.1. The Morgan fingerprint density at radius 1 is 0.844 bits per heavy atom. The number of hydrogen-bond donors (Lipinski definition) is 3. The molecule has 0 spiro atoms. The Hall–Kier alpha value is -2.80. The largest absolute Gasteiger partial charge is 0.316 e. The van der Waals surface area contributed by atoms with E-state index in [0.717, 1.165) is 5.56 Å². The van der Waals surface area contributed by atoms with Gasteiger partial charge < -0.3 is 9.97 Å². The molecule has 2 aromatic carbocycles. The molecular weight excluding hydrogens is 456 g/mol. The molecule has 0 saturated carbocycles. The summed E-state index contributed by atoms with van der Waals surface area (Å²) >= 11 is 0. The van der Waals surface area contributed by atoms with E-state index in [1.807, 2.05) is 6.92 Å². The van der Waals surface area contributed by atoms with Gasteiger partial charge in [-0.25, -0.2) is 21.6 Å². The molecule has 0 amide bonds. The van der Waals surface area contributed by atoms with Crippen molar-refractivity contribution in [3.8, 4) is 0 Å². The molecule has 0 bridgehead atoms. The number of nitrogens with one attached hydrogen (secondary N) is 3. The van der Waals surface area contributed by atoms with E-state index >= 15 is 0 Å². The number of nitrogens with zero attached hydrogens (tertiary/aromatic N) is 1. The van der Waals surface area contributed by atoms with Crippen molar-refractivity contribution >= 4 is 31.1 Å². The average Bonchev–Trinajstić information content (AvgIpc) is 2.74. The number of hydrogen-bond acceptors (Lipinski definition) is 6. The molecule has 1 saturated heterocycles. The van der Waals surface area contributed by atoms with Gasteiger partial charge >= 0.3 is 11.1 Å². The van der Waals surface area contributed by atoms with Gasteiger partial charge in [-0.3, -0.25) is 9.59 Å². The van der Waals surface area contributed by atoms with Crippen LogP contribution in [0, 0.1) is 6.92 Å². The Bertz CT molecular complexity index is 1480. The number of aromatic amines is 2. The van der Waals surface area contributed by atoms with Crippen LogP contribution in [0.2, 0.25) is 0 Å². The van der Waals surface area contributed by atoms with E-state index in [9.17, 15) is 26.4 Å². The second-order valence-electron chi connectivity index (χ2n) is 7.73. The number of piperidine rings is 1. The molecule has 12 heteroatoms. The lowest BCUT2D eigenvalue weighted by Gasteiger charge is -2.31. The van der Waals surface area contributed by atoms with Crippen LogP contribution in [-0.2, 0) is 20.0 Å². The van der Waals surface area contributed by atoms with Crippen LogP contribution in [0.15, 0.2) is 61.8 Å². The maximum Gasteiger partial charge on any atom is 0.314 e. The molecule has 1 aromatic heterocycles. The quantitative estimate of drug-likeness (QED) is 0.459. The second-order valence-corrected chi connectivity index (χ2v) is 11.4. The van der Waals surface area contributed by atoms with Crippen molar-refractivity contribution in [2.45, 2.75) is 35.6 Å². The monoisotopic (exact) mass is 478 g/mol. The van der Waals surface area contributed by atoms with E-state index < -0.39 is 37.2 Å². The topological polar surface area (TPSA) is 149 Å². The SMILES string of the molecule is Cc1ccc(S(=O)(=O)N2CCC(NS(=O)(=O)c3ccc4[nH]c(=O)c(=O)[nH]c4c3)CC2)cc1. The summed E-state index contributed by atoms with van der Waals surface area (Å²) in [6.07, 6.45) is 0.643. The summed E-state index contributed by atoms with van der Waals surface area (Å²) in [5, 5.41) is 0. The van der Waals surface area contributed by atoms with Crippen LogP contribution in [0.4, 0.5) is 0 Å². The highest BCUT2D eigenvalue weighted by molar-refractivity contribution is 7.89. The van der Waals surface area contributed by atoms with Crippen LogP contribution in [0.1, 0.15) is 18.4 Å². The third kappa shape index (κ3) is 4.39. The molecule has 4 rings (SSSR count). The number of rotatable bonds is 5. The fraction of sp³-hybridized carbons (Fsp3) is 0.300. The molecule has 1 aliphatic heterocycles. The lowest BCUT2D eigenvalue weighted by molar-refractivity contribution is 0.308. The predicted octanol–water partition coefficient (Wildman–Crippen LogP) is 0.656. The Morgan fingerprint density at radius 2 is 1.41 bits per heavy atom. The van der Waals surface area contributed by atoms with Gasteiger partial charge in [0.25, 0.3) is 0 Å². The maximum absolute atomic E-state index is 12.8. The zero-order valence-electron chi connectivity index (χ0n) is 17.2. The lowest BCUT2D eigenvalue weighted by Crippen LogP contribution is -2.46. The molecular formula is C20H22N4O6S2. The van der Waals surface area contributed by atoms with Gasteiger partial charge in [-0.2, -0.15) is 4.31 Å². The first-order valence-corrected chi connectivity index (χ1v) is 12.8. The maximum atomic E-state index is 12.8. The van der Waals surface area contributed by atoms with Crippen molar-refractivity contribution in [1.29, 1.82) is 0 Å². The average molecular weight is 479 g/mol. The van der Waals surface area contributed by atoms with E-state index in [1.54, 1.807) is 24.3 Å². The standard InChI is InChI=1S/C20H22N4O6S2/c1-13-2-4-15(5-3-13)32(29,30)24-10-8-14(9-11-24)23-31(27,28)16-6-7-17-18(12-16)22-20(26)19(25)21-17/h2-7,12,14,23H,8-11H2,1H3,(H,21,25)(H,22,26). The molecule has 0 unspecified atom stereocenters. The number of H-pyrrole nitrogens is 2. The summed E-state index contributed by atoms with van der Waals surface area (Å²) in [6, 6.07) is 10.2. The van der Waals surface area contributed by atoms with Crippen molar-refractivity contribution < 1.29 is 16.8 Å². The Balaban J connectivity index is 1.47. The number of sulfonamides is 2. The summed E-state index contributed by atoms with van der Waals surface area (Å²) in [6.45, 7) is 2.26. The van der Waals surface area contributed by atoms with Gasteiger partial charge in [0.05, 0.1) is 20.8 Å². The van der Waals surface area contributed by atoms with E-state index in [4.69, 9.17) is 0 Å². The second kappa shape index (κ2) is 8.28. The molecule has 2 heterocycles. The Morgan fingerprint density at radius 3 is 2.03 bits per heavy atom. The van der Waals surface area contributed by atoms with E-state index in [0.29, 0.717) is 18.4 Å². The number of fused-ring (bicyclic) bond motifs is 1. The Kier molecular flexibility index (Phi) is 5.79. The van der Waals surface area contributed by atoms with E-state index in [-0.39, 0.29) is 28.4 Å². The summed E-state index contributed by atoms with van der Waals surface area (Å²) in [7, 11) is -7.55. The zero-order chi connectivity index (χ0) is 23.1. The van der Waals surface area contributed by atoms with Gasteiger partial charge in [0.15, 0.2) is 0 Å². The molecule has 1 aliphatic rings. The fourth-order valence-electron chi connectivity index (χ4n) is 3.62. The molecule has 3 aromatic rings. The summed E-state index contributed by atoms with van der Waals surface area (Å²) in [5.74, 6) is 0. The Labute approximate surface area is 184 Å². The molecule has 10 nitrogen and oxygen atoms in total. The highest BCUT2D eigenvalue weighted by Gasteiger charge is 2.31. The molecule has 32 heavy (non-hydrogen) atoms. The summed E-state index contributed by atoms with van der Waals surface area (Å²) < 4.78 is 55.3. The van der Waals surface area contributed by atoms with Gasteiger partial charge in [-0.05, 0) is 50.1 Å². The smallest absolute Gasteiger partial charge is 0.314 e. The first kappa shape index (κ1) is 22.4. The van der Waals surface area contributed by atoms with Crippen molar-refractivity contribution in [3.63, 3.8) is 0 Å². The fourth-order valence-corrected chi connectivity index (χ4v) is 6.42. The van der Waals surface area contributed by atoms with Gasteiger partial charge in [0, 0.05) is 19.1 Å². The van der Waals surface area contributed by atoms with Gasteiger partial charge in [0.2, 0.25) is 20.0 Å². The van der Waals surface area contributed by atoms with E-state index in [2.05, 4.69) is 14.7 Å². The number of benzene rings is 2. The van der Waals surface area contributed by atoms with Gasteiger partial charge in [-0.15, -0.1) is 0 Å². The van der Waals surface area contributed by atoms with Crippen molar-refractivity contribution in [2.75, 3.05) is 13.1 Å². The first-order chi connectivity index (χ1) is 15.1. The molecule has 0 radical (unpaired) electrons. The molecule has 170 valence electrons. The minimum Gasteiger partial charge on any atom is -0.316 e. The normalized spacial score (nSPS) is 16.4. The minimum atomic E-state index is -3.92. The van der Waals surface area contributed by atoms with Gasteiger partial charge in [0.1, 0.15) is 0 Å². The van der Waals surface area contributed by atoms with E-state index in [1.165, 1.54) is 22.5 Å². The molecule has 0 aliphatic carbocycles. The van der Waals surface area contributed by atoms with Crippen LogP contribution in [0.3, 0.4) is 0 Å². The molecule has 1 fully saturated rings. The third-order valence-electron chi connectivity index (χ3n) is 5.44. The van der Waals surface area contributed by atoms with Crippen LogP contribution < -0.4 is 15.8 Å². The minimum absolute atomic E-state index is 0.0672.